The van der Waals surface area contributed by atoms with Crippen molar-refractivity contribution in [2.45, 2.75) is 65.3 Å². The molecule has 0 atom stereocenters. The summed E-state index contributed by atoms with van der Waals surface area (Å²) in [5.41, 5.74) is 1.33. The third-order valence-corrected chi connectivity index (χ3v) is 3.39. The van der Waals surface area contributed by atoms with Crippen molar-refractivity contribution in [3.63, 3.8) is 0 Å². The number of nitrogens with zero attached hydrogens (tertiary/aromatic N) is 1. The van der Waals surface area contributed by atoms with Gasteiger partial charge in [0.1, 0.15) is 0 Å². The van der Waals surface area contributed by atoms with Crippen LogP contribution in [0.1, 0.15) is 58.1 Å². The molecule has 0 amide bonds. The number of unbranched alkanes of at least 4 members (excludes halogenated alkanes) is 5. The van der Waals surface area contributed by atoms with Crippen LogP contribution in [0.25, 0.3) is 0 Å². The number of H-pyrrole nitrogens is 1. The first-order chi connectivity index (χ1) is 7.79. The molecule has 0 saturated carbocycles. The van der Waals surface area contributed by atoms with E-state index in [1.807, 2.05) is 6.20 Å². The van der Waals surface area contributed by atoms with Crippen LogP contribution in [-0.2, 0) is 13.0 Å². The Balaban J connectivity index is 2.26. The van der Waals surface area contributed by atoms with Crippen LogP contribution in [0.5, 0.6) is 0 Å². The molecule has 1 rings (SSSR count). The topological polar surface area (TPSA) is 20.7 Å². The summed E-state index contributed by atoms with van der Waals surface area (Å²) in [5, 5.41) is 0. The molecule has 0 unspecified atom stereocenters. The summed E-state index contributed by atoms with van der Waals surface area (Å²) in [5.74, 6) is 0. The third kappa shape index (κ3) is 4.12. The van der Waals surface area contributed by atoms with E-state index in [1.165, 1.54) is 44.2 Å². The van der Waals surface area contributed by atoms with E-state index in [0.717, 1.165) is 17.7 Å². The summed E-state index contributed by atoms with van der Waals surface area (Å²) in [4.78, 5) is 3.13. The molecule has 0 aliphatic rings. The molecule has 1 aromatic heterocycles. The van der Waals surface area contributed by atoms with Gasteiger partial charge < -0.3 is 9.55 Å². The smallest absolute Gasteiger partial charge is 0.177 e. The van der Waals surface area contributed by atoms with E-state index in [9.17, 15) is 0 Å². The van der Waals surface area contributed by atoms with Crippen molar-refractivity contribution in [2.24, 2.45) is 0 Å². The lowest BCUT2D eigenvalue weighted by Gasteiger charge is -2.06. The lowest BCUT2D eigenvalue weighted by Crippen LogP contribution is -2.02. The van der Waals surface area contributed by atoms with Crippen LogP contribution in [0.2, 0.25) is 0 Å². The predicted octanol–water partition coefficient (Wildman–Crippen LogP) is 4.47. The SMILES string of the molecule is CCCCCCCCn1c(CC)c[nH]c1=S. The zero-order valence-corrected chi connectivity index (χ0v) is 11.4. The predicted molar refractivity (Wildman–Crippen MR) is 72.4 cm³/mol. The van der Waals surface area contributed by atoms with Gasteiger partial charge in [-0.25, -0.2) is 0 Å². The van der Waals surface area contributed by atoms with Gasteiger partial charge in [-0.05, 0) is 25.1 Å². The maximum Gasteiger partial charge on any atom is 0.177 e. The summed E-state index contributed by atoms with van der Waals surface area (Å²) < 4.78 is 3.13. The van der Waals surface area contributed by atoms with Crippen molar-refractivity contribution in [3.05, 3.63) is 16.7 Å². The molecule has 0 bridgehead atoms. The van der Waals surface area contributed by atoms with Crippen molar-refractivity contribution in [1.82, 2.24) is 9.55 Å². The summed E-state index contributed by atoms with van der Waals surface area (Å²) in [7, 11) is 0. The molecule has 2 nitrogen and oxygen atoms in total. The molecule has 1 N–H and O–H groups in total. The second kappa shape index (κ2) is 7.66. The van der Waals surface area contributed by atoms with E-state index in [0.29, 0.717) is 0 Å². The minimum absolute atomic E-state index is 0.880. The Morgan fingerprint density at radius 1 is 1.12 bits per heavy atom. The first-order valence-electron chi connectivity index (χ1n) is 6.56. The Hall–Kier alpha value is -0.570. The van der Waals surface area contributed by atoms with Gasteiger partial charge in [0.15, 0.2) is 4.77 Å². The highest BCUT2D eigenvalue weighted by Gasteiger charge is 2.00. The summed E-state index contributed by atoms with van der Waals surface area (Å²) in [6.45, 7) is 5.51. The molecular weight excluding hydrogens is 216 g/mol. The first-order valence-corrected chi connectivity index (χ1v) is 6.97. The van der Waals surface area contributed by atoms with Crippen LogP contribution >= 0.6 is 12.2 Å². The fraction of sp³-hybridized carbons (Fsp3) is 0.769. The Morgan fingerprint density at radius 2 is 1.81 bits per heavy atom. The fourth-order valence-corrected chi connectivity index (χ4v) is 2.29. The Bertz CT molecular complexity index is 338. The molecule has 1 aromatic rings. The van der Waals surface area contributed by atoms with Crippen molar-refractivity contribution in [2.75, 3.05) is 0 Å². The maximum absolute atomic E-state index is 5.27. The van der Waals surface area contributed by atoms with Crippen LogP contribution in [0.3, 0.4) is 0 Å². The zero-order chi connectivity index (χ0) is 11.8. The molecule has 0 aliphatic heterocycles. The Kier molecular flexibility index (Phi) is 6.46. The van der Waals surface area contributed by atoms with E-state index in [1.54, 1.807) is 0 Å². The summed E-state index contributed by atoms with van der Waals surface area (Å²) >= 11 is 5.27. The highest BCUT2D eigenvalue weighted by molar-refractivity contribution is 7.71. The number of imidazole rings is 1. The van der Waals surface area contributed by atoms with Crippen LogP contribution in [0.15, 0.2) is 6.20 Å². The number of aromatic nitrogens is 2. The van der Waals surface area contributed by atoms with Gasteiger partial charge in [0.05, 0.1) is 0 Å². The molecule has 0 saturated heterocycles. The minimum atomic E-state index is 0.880. The number of rotatable bonds is 8. The maximum atomic E-state index is 5.27. The van der Waals surface area contributed by atoms with Gasteiger partial charge in [-0.3, -0.25) is 0 Å². The van der Waals surface area contributed by atoms with Crippen LogP contribution in [0.4, 0.5) is 0 Å². The molecular formula is C13H24N2S. The second-order valence-electron chi connectivity index (χ2n) is 4.36. The van der Waals surface area contributed by atoms with Crippen LogP contribution in [0, 0.1) is 4.77 Å². The molecule has 0 spiro atoms. The molecule has 0 fully saturated rings. The van der Waals surface area contributed by atoms with Gasteiger partial charge in [0.25, 0.3) is 0 Å². The fourth-order valence-electron chi connectivity index (χ4n) is 2.02. The van der Waals surface area contributed by atoms with Gasteiger partial charge in [0, 0.05) is 18.4 Å². The lowest BCUT2D eigenvalue weighted by atomic mass is 10.1. The number of aryl methyl sites for hydroxylation is 1. The normalized spacial score (nSPS) is 10.9. The molecule has 92 valence electrons. The van der Waals surface area contributed by atoms with Crippen molar-refractivity contribution >= 4 is 12.2 Å². The first kappa shape index (κ1) is 13.5. The van der Waals surface area contributed by atoms with E-state index in [-0.39, 0.29) is 0 Å². The van der Waals surface area contributed by atoms with Gasteiger partial charge in [-0.2, -0.15) is 0 Å². The second-order valence-corrected chi connectivity index (χ2v) is 4.74. The highest BCUT2D eigenvalue weighted by Crippen LogP contribution is 2.09. The van der Waals surface area contributed by atoms with Crippen LogP contribution in [-0.4, -0.2) is 9.55 Å². The van der Waals surface area contributed by atoms with E-state index in [4.69, 9.17) is 12.2 Å². The monoisotopic (exact) mass is 240 g/mol. The third-order valence-electron chi connectivity index (χ3n) is 3.05. The molecule has 0 aliphatic carbocycles. The van der Waals surface area contributed by atoms with Gasteiger partial charge in [-0.1, -0.05) is 46.0 Å². The standard InChI is InChI=1S/C13H24N2S/c1-3-5-6-7-8-9-10-15-12(4-2)11-14-13(15)16/h11H,3-10H2,1-2H3,(H,14,16). The van der Waals surface area contributed by atoms with Gasteiger partial charge in [-0.15, -0.1) is 0 Å². The Labute approximate surface area is 104 Å². The largest absolute Gasteiger partial charge is 0.337 e. The van der Waals surface area contributed by atoms with E-state index in [2.05, 4.69) is 23.4 Å². The van der Waals surface area contributed by atoms with Crippen molar-refractivity contribution < 1.29 is 0 Å². The van der Waals surface area contributed by atoms with Crippen LogP contribution < -0.4 is 0 Å². The van der Waals surface area contributed by atoms with E-state index < -0.39 is 0 Å². The molecule has 3 heteroatoms. The number of hydrogen-bond acceptors (Lipinski definition) is 1. The highest BCUT2D eigenvalue weighted by atomic mass is 32.1. The molecule has 16 heavy (non-hydrogen) atoms. The summed E-state index contributed by atoms with van der Waals surface area (Å²) in [6.07, 6.45) is 11.1. The van der Waals surface area contributed by atoms with Crippen molar-refractivity contribution in [1.29, 1.82) is 0 Å². The number of aromatic amines is 1. The van der Waals surface area contributed by atoms with E-state index >= 15 is 0 Å². The molecule has 0 aromatic carbocycles. The number of hydrogen-bond donors (Lipinski definition) is 1. The number of nitrogens with one attached hydrogen (secondary N) is 1. The average molecular weight is 240 g/mol. The summed E-state index contributed by atoms with van der Waals surface area (Å²) in [6, 6.07) is 0. The molecule has 0 radical (unpaired) electrons. The average Bonchev–Trinajstić information content (AvgIpc) is 2.65. The van der Waals surface area contributed by atoms with Crippen molar-refractivity contribution in [3.8, 4) is 0 Å². The minimum Gasteiger partial charge on any atom is -0.337 e. The van der Waals surface area contributed by atoms with Gasteiger partial charge in [0.2, 0.25) is 0 Å². The quantitative estimate of drug-likeness (QED) is 0.525. The molecule has 1 heterocycles. The lowest BCUT2D eigenvalue weighted by molar-refractivity contribution is 0.546. The Morgan fingerprint density at radius 3 is 2.50 bits per heavy atom. The zero-order valence-electron chi connectivity index (χ0n) is 10.6. The van der Waals surface area contributed by atoms with Gasteiger partial charge >= 0.3 is 0 Å².